The Morgan fingerprint density at radius 2 is 1.71 bits per heavy atom. The van der Waals surface area contributed by atoms with Gasteiger partial charge in [-0.2, -0.15) is 0 Å². The number of oxime groups is 1. The Labute approximate surface area is 206 Å². The van der Waals surface area contributed by atoms with Crippen LogP contribution in [-0.2, 0) is 29.9 Å². The molecular weight excluding hydrogens is 448 g/mol. The predicted octanol–water partition coefficient (Wildman–Crippen LogP) is 5.06. The molecule has 1 unspecified atom stereocenters. The molecule has 1 aliphatic rings. The van der Waals surface area contributed by atoms with Crippen LogP contribution in [0.5, 0.6) is 0 Å². The summed E-state index contributed by atoms with van der Waals surface area (Å²) in [6.07, 6.45) is 2.07. The van der Waals surface area contributed by atoms with Crippen molar-refractivity contribution in [3.05, 3.63) is 64.7 Å². The van der Waals surface area contributed by atoms with Crippen LogP contribution in [-0.4, -0.2) is 42.9 Å². The number of ether oxygens (including phenoxy) is 2. The zero-order chi connectivity index (χ0) is 25.8. The lowest BCUT2D eigenvalue weighted by Gasteiger charge is -2.42. The van der Waals surface area contributed by atoms with Crippen LogP contribution in [0, 0.1) is 0 Å². The maximum atomic E-state index is 13.4. The van der Waals surface area contributed by atoms with Crippen LogP contribution in [0.3, 0.4) is 0 Å². The maximum absolute atomic E-state index is 13.4. The fraction of sp³-hybridized carbons (Fsp3) is 0.444. The van der Waals surface area contributed by atoms with E-state index in [1.807, 2.05) is 18.2 Å². The van der Waals surface area contributed by atoms with E-state index >= 15 is 0 Å². The number of anilines is 1. The van der Waals surface area contributed by atoms with E-state index in [4.69, 9.17) is 14.3 Å². The summed E-state index contributed by atoms with van der Waals surface area (Å²) >= 11 is 0. The van der Waals surface area contributed by atoms with Gasteiger partial charge in [0.15, 0.2) is 5.71 Å². The normalized spacial score (nSPS) is 17.3. The Balaban J connectivity index is 2.06. The van der Waals surface area contributed by atoms with Crippen LogP contribution in [0.25, 0.3) is 0 Å². The summed E-state index contributed by atoms with van der Waals surface area (Å²) in [6, 6.07) is 12.0. The Kier molecular flexibility index (Phi) is 7.97. The maximum Gasteiger partial charge on any atom is 0.339 e. The van der Waals surface area contributed by atoms with E-state index in [9.17, 15) is 14.7 Å². The summed E-state index contributed by atoms with van der Waals surface area (Å²) < 4.78 is 10.4. The van der Waals surface area contributed by atoms with E-state index in [0.29, 0.717) is 12.2 Å². The van der Waals surface area contributed by atoms with Gasteiger partial charge in [-0.25, -0.2) is 4.79 Å². The zero-order valence-electron chi connectivity index (χ0n) is 21.2. The first kappa shape index (κ1) is 26.4. The number of fused-ring (bicyclic) bond motifs is 1. The fourth-order valence-electron chi connectivity index (χ4n) is 4.29. The average Bonchev–Trinajstić information content (AvgIpc) is 2.81. The molecule has 1 aliphatic carbocycles. The molecule has 2 N–H and O–H groups in total. The summed E-state index contributed by atoms with van der Waals surface area (Å²) in [7, 11) is 1.40. The highest BCUT2D eigenvalue weighted by Crippen LogP contribution is 2.46. The number of rotatable bonds is 9. The van der Waals surface area contributed by atoms with Crippen molar-refractivity contribution in [2.75, 3.05) is 19.0 Å². The summed E-state index contributed by atoms with van der Waals surface area (Å²) in [4.78, 5) is 30.4. The van der Waals surface area contributed by atoms with Crippen molar-refractivity contribution >= 4 is 23.3 Å². The molecule has 1 amide bonds. The van der Waals surface area contributed by atoms with Gasteiger partial charge in [-0.15, -0.1) is 0 Å². The minimum Gasteiger partial charge on any atom is -0.478 e. The molecule has 0 heterocycles. The van der Waals surface area contributed by atoms with Gasteiger partial charge in [0.2, 0.25) is 0 Å². The lowest BCUT2D eigenvalue weighted by molar-refractivity contribution is -0.275. The highest BCUT2D eigenvalue weighted by Gasteiger charge is 2.37. The van der Waals surface area contributed by atoms with Crippen molar-refractivity contribution in [2.24, 2.45) is 5.16 Å². The molecule has 35 heavy (non-hydrogen) atoms. The number of carboxylic acid groups (broad SMARTS) is 1. The van der Waals surface area contributed by atoms with Crippen molar-refractivity contribution in [3.8, 4) is 0 Å². The number of nitrogens with zero attached hydrogens (tertiary/aromatic N) is 1. The van der Waals surface area contributed by atoms with E-state index in [2.05, 4.69) is 38.2 Å². The fourth-order valence-corrected chi connectivity index (χ4v) is 4.29. The number of carbonyl (C=O) groups excluding carboxylic acids is 1. The number of aromatic carboxylic acids is 1. The Morgan fingerprint density at radius 3 is 2.34 bits per heavy atom. The standard InChI is InChI=1S/C27H34N2O6/c1-7-34-25(33-6)35-29-22(23(30)28-21-11-9-8-10-18(21)24(31)32)17-12-13-19-20(16-17)27(4,5)15-14-26(19,2)3/h8-13,16,25H,7,14-15H2,1-6H3,(H,28,30)(H,31,32). The first-order valence-electron chi connectivity index (χ1n) is 11.7. The van der Waals surface area contributed by atoms with E-state index in [1.54, 1.807) is 19.1 Å². The average molecular weight is 483 g/mol. The molecule has 0 aromatic heterocycles. The second-order valence-electron chi connectivity index (χ2n) is 9.86. The summed E-state index contributed by atoms with van der Waals surface area (Å²) in [5, 5.41) is 16.3. The highest BCUT2D eigenvalue weighted by atomic mass is 16.9. The molecule has 2 aromatic rings. The molecule has 0 fully saturated rings. The Bertz CT molecular complexity index is 1120. The van der Waals surface area contributed by atoms with Crippen LogP contribution in [0.2, 0.25) is 0 Å². The summed E-state index contributed by atoms with van der Waals surface area (Å²) in [6.45, 7) is 9.84. The number of carboxylic acids is 1. The van der Waals surface area contributed by atoms with Gasteiger partial charge in [0.05, 0.1) is 17.9 Å². The first-order chi connectivity index (χ1) is 16.5. The molecule has 1 atom stereocenters. The number of hydrogen-bond donors (Lipinski definition) is 2. The highest BCUT2D eigenvalue weighted by molar-refractivity contribution is 6.49. The van der Waals surface area contributed by atoms with Gasteiger partial charge in [0.25, 0.3) is 5.91 Å². The van der Waals surface area contributed by atoms with Crippen molar-refractivity contribution in [2.45, 2.75) is 64.8 Å². The van der Waals surface area contributed by atoms with Crippen molar-refractivity contribution in [1.29, 1.82) is 0 Å². The first-order valence-corrected chi connectivity index (χ1v) is 11.7. The molecular formula is C27H34N2O6. The molecule has 0 spiro atoms. The van der Waals surface area contributed by atoms with Gasteiger partial charge in [-0.1, -0.05) is 57.1 Å². The van der Waals surface area contributed by atoms with Crippen molar-refractivity contribution in [3.63, 3.8) is 0 Å². The largest absolute Gasteiger partial charge is 0.478 e. The number of hydrogen-bond acceptors (Lipinski definition) is 6. The smallest absolute Gasteiger partial charge is 0.339 e. The van der Waals surface area contributed by atoms with Crippen LogP contribution >= 0.6 is 0 Å². The zero-order valence-corrected chi connectivity index (χ0v) is 21.2. The van der Waals surface area contributed by atoms with Gasteiger partial charge in [-0.3, -0.25) is 4.79 Å². The van der Waals surface area contributed by atoms with Crippen LogP contribution in [0.4, 0.5) is 5.69 Å². The van der Waals surface area contributed by atoms with Gasteiger partial charge in [-0.05, 0) is 59.9 Å². The van der Waals surface area contributed by atoms with Gasteiger partial charge in [0.1, 0.15) is 0 Å². The van der Waals surface area contributed by atoms with Gasteiger partial charge < -0.3 is 24.7 Å². The molecule has 0 saturated heterocycles. The van der Waals surface area contributed by atoms with E-state index in [1.165, 1.54) is 24.8 Å². The molecule has 0 radical (unpaired) electrons. The monoisotopic (exact) mass is 482 g/mol. The second-order valence-corrected chi connectivity index (χ2v) is 9.86. The van der Waals surface area contributed by atoms with Crippen LogP contribution in [0.1, 0.15) is 74.5 Å². The number of benzene rings is 2. The predicted molar refractivity (Wildman–Crippen MR) is 134 cm³/mol. The van der Waals surface area contributed by atoms with E-state index < -0.39 is 18.4 Å². The molecule has 0 bridgehead atoms. The number of amides is 1. The number of methoxy groups -OCH3 is 1. The van der Waals surface area contributed by atoms with E-state index in [0.717, 1.165) is 18.4 Å². The lowest BCUT2D eigenvalue weighted by Crippen LogP contribution is -2.34. The van der Waals surface area contributed by atoms with Gasteiger partial charge >= 0.3 is 12.4 Å². The lowest BCUT2D eigenvalue weighted by atomic mass is 9.63. The molecule has 3 rings (SSSR count). The molecule has 8 nitrogen and oxygen atoms in total. The molecule has 0 aliphatic heterocycles. The van der Waals surface area contributed by atoms with E-state index in [-0.39, 0.29) is 27.8 Å². The minimum absolute atomic E-state index is 0.00991. The number of para-hydroxylation sites is 1. The van der Waals surface area contributed by atoms with Crippen molar-refractivity contribution in [1.82, 2.24) is 0 Å². The minimum atomic E-state index is -1.15. The van der Waals surface area contributed by atoms with Crippen LogP contribution in [0.15, 0.2) is 47.6 Å². The van der Waals surface area contributed by atoms with Crippen LogP contribution < -0.4 is 5.32 Å². The third-order valence-electron chi connectivity index (χ3n) is 6.47. The third kappa shape index (κ3) is 5.89. The summed E-state index contributed by atoms with van der Waals surface area (Å²) in [5.74, 6) is -1.76. The Hall–Kier alpha value is -3.23. The van der Waals surface area contributed by atoms with Gasteiger partial charge in [0, 0.05) is 12.7 Å². The molecule has 0 saturated carbocycles. The quantitative estimate of drug-likeness (QED) is 0.294. The number of nitrogens with one attached hydrogen (secondary N) is 1. The summed E-state index contributed by atoms with van der Waals surface area (Å²) in [5.41, 5.74) is 2.96. The second kappa shape index (κ2) is 10.6. The number of carbonyl (C=O) groups is 2. The SMILES string of the molecule is CCOC(OC)ON=C(C(=O)Nc1ccccc1C(=O)O)c1ccc2c(c1)C(C)(C)CCC2(C)C. The molecule has 8 heteroatoms. The Morgan fingerprint density at radius 1 is 1.06 bits per heavy atom. The topological polar surface area (TPSA) is 106 Å². The third-order valence-corrected chi connectivity index (χ3v) is 6.47. The van der Waals surface area contributed by atoms with Crippen molar-refractivity contribution < 1.29 is 29.0 Å². The molecule has 188 valence electrons. The molecule has 2 aromatic carbocycles.